The standard InChI is InChI=1S/C18H21N7O2S2/c1-10-6-21-17(15(19)11(10)2)23-18-22-16(24-28-18)14-5-4-12(7-20-14)29(26,27)13-8-25(3)9-13/h4-7,13H,8-9,19H2,1-3H3,(H,21,22,23,24). The first-order chi connectivity index (χ1) is 13.8. The van der Waals surface area contributed by atoms with Crippen LogP contribution in [0.1, 0.15) is 11.1 Å². The molecule has 0 unspecified atom stereocenters. The summed E-state index contributed by atoms with van der Waals surface area (Å²) in [7, 11) is -1.46. The van der Waals surface area contributed by atoms with Crippen LogP contribution in [0.2, 0.25) is 0 Å². The van der Waals surface area contributed by atoms with Crippen LogP contribution < -0.4 is 11.1 Å². The van der Waals surface area contributed by atoms with Crippen molar-refractivity contribution in [1.82, 2.24) is 24.2 Å². The van der Waals surface area contributed by atoms with Gasteiger partial charge in [-0.3, -0.25) is 4.98 Å². The normalized spacial score (nSPS) is 15.3. The third-order valence-electron chi connectivity index (χ3n) is 5.05. The quantitative estimate of drug-likeness (QED) is 0.623. The smallest absolute Gasteiger partial charge is 0.208 e. The molecule has 3 N–H and O–H groups in total. The van der Waals surface area contributed by atoms with Gasteiger partial charge in [0.05, 0.1) is 15.8 Å². The van der Waals surface area contributed by atoms with Gasteiger partial charge in [0, 0.05) is 37.0 Å². The number of nitrogen functional groups attached to an aromatic ring is 1. The number of hydrogen-bond acceptors (Lipinski definition) is 10. The first kappa shape index (κ1) is 19.7. The molecular weight excluding hydrogens is 410 g/mol. The number of anilines is 3. The summed E-state index contributed by atoms with van der Waals surface area (Å²) in [4.78, 5) is 15.2. The molecule has 0 radical (unpaired) electrons. The minimum Gasteiger partial charge on any atom is -0.396 e. The highest BCUT2D eigenvalue weighted by Crippen LogP contribution is 2.28. The van der Waals surface area contributed by atoms with E-state index in [1.165, 1.54) is 6.20 Å². The Balaban J connectivity index is 1.52. The fraction of sp³-hybridized carbons (Fsp3) is 0.333. The van der Waals surface area contributed by atoms with Gasteiger partial charge in [-0.1, -0.05) is 0 Å². The number of nitrogens with zero attached hydrogens (tertiary/aromatic N) is 5. The predicted molar refractivity (Wildman–Crippen MR) is 113 cm³/mol. The molecular formula is C18H21N7O2S2. The minimum absolute atomic E-state index is 0.222. The average molecular weight is 432 g/mol. The Morgan fingerprint density at radius 1 is 1.21 bits per heavy atom. The number of aromatic nitrogens is 4. The first-order valence-corrected chi connectivity index (χ1v) is 11.3. The molecule has 1 fully saturated rings. The van der Waals surface area contributed by atoms with Crippen molar-refractivity contribution in [3.63, 3.8) is 0 Å². The number of nitrogens with one attached hydrogen (secondary N) is 1. The number of likely N-dealkylation sites (tertiary alicyclic amines) is 1. The SMILES string of the molecule is Cc1cnc(Nc2nc(-c3ccc(S(=O)(=O)C4CN(C)C4)cn3)ns2)c(N)c1C. The summed E-state index contributed by atoms with van der Waals surface area (Å²) >= 11 is 1.15. The fourth-order valence-corrected chi connectivity index (χ4v) is 5.33. The molecule has 152 valence electrons. The van der Waals surface area contributed by atoms with Crippen LogP contribution in [-0.2, 0) is 9.84 Å². The van der Waals surface area contributed by atoms with E-state index in [9.17, 15) is 8.42 Å². The van der Waals surface area contributed by atoms with Crippen molar-refractivity contribution in [3.8, 4) is 11.5 Å². The summed E-state index contributed by atoms with van der Waals surface area (Å²) in [5.41, 5.74) is 9.15. The van der Waals surface area contributed by atoms with Crippen molar-refractivity contribution >= 4 is 38.0 Å². The Morgan fingerprint density at radius 2 is 1.97 bits per heavy atom. The molecule has 1 aliphatic rings. The second-order valence-electron chi connectivity index (χ2n) is 7.14. The minimum atomic E-state index is -3.36. The maximum absolute atomic E-state index is 12.6. The molecule has 0 spiro atoms. The highest BCUT2D eigenvalue weighted by Gasteiger charge is 2.36. The molecule has 0 atom stereocenters. The molecule has 0 saturated carbocycles. The van der Waals surface area contributed by atoms with Crippen molar-refractivity contribution < 1.29 is 8.42 Å². The zero-order valence-corrected chi connectivity index (χ0v) is 17.9. The summed E-state index contributed by atoms with van der Waals surface area (Å²) in [6, 6.07) is 3.19. The molecule has 9 nitrogen and oxygen atoms in total. The predicted octanol–water partition coefficient (Wildman–Crippen LogP) is 2.03. The van der Waals surface area contributed by atoms with Crippen molar-refractivity contribution in [2.45, 2.75) is 24.0 Å². The number of rotatable bonds is 5. The summed E-state index contributed by atoms with van der Waals surface area (Å²) < 4.78 is 29.4. The molecule has 29 heavy (non-hydrogen) atoms. The van der Waals surface area contributed by atoms with Gasteiger partial charge in [-0.05, 0) is 44.2 Å². The van der Waals surface area contributed by atoms with Crippen LogP contribution >= 0.6 is 11.5 Å². The van der Waals surface area contributed by atoms with Crippen molar-refractivity contribution in [1.29, 1.82) is 0 Å². The van der Waals surface area contributed by atoms with Gasteiger partial charge in [0.25, 0.3) is 0 Å². The number of nitrogens with two attached hydrogens (primary N) is 1. The van der Waals surface area contributed by atoms with E-state index in [0.717, 1.165) is 22.7 Å². The molecule has 4 rings (SSSR count). The van der Waals surface area contributed by atoms with E-state index >= 15 is 0 Å². The Kier molecular flexibility index (Phi) is 4.97. The van der Waals surface area contributed by atoms with E-state index in [-0.39, 0.29) is 10.1 Å². The van der Waals surface area contributed by atoms with Crippen molar-refractivity contribution in [3.05, 3.63) is 35.7 Å². The van der Waals surface area contributed by atoms with Crippen LogP contribution in [0, 0.1) is 13.8 Å². The number of sulfone groups is 1. The van der Waals surface area contributed by atoms with Gasteiger partial charge in [-0.2, -0.15) is 9.36 Å². The van der Waals surface area contributed by atoms with Gasteiger partial charge in [0.2, 0.25) is 5.13 Å². The van der Waals surface area contributed by atoms with Crippen LogP contribution in [0.3, 0.4) is 0 Å². The monoisotopic (exact) mass is 431 g/mol. The van der Waals surface area contributed by atoms with Gasteiger partial charge >= 0.3 is 0 Å². The molecule has 1 aliphatic heterocycles. The van der Waals surface area contributed by atoms with E-state index in [1.807, 2.05) is 25.8 Å². The summed E-state index contributed by atoms with van der Waals surface area (Å²) in [5, 5.41) is 3.24. The Hall–Kier alpha value is -2.63. The Bertz CT molecular complexity index is 1150. The fourth-order valence-electron chi connectivity index (χ4n) is 3.01. The van der Waals surface area contributed by atoms with Crippen LogP contribution in [-0.4, -0.2) is 58.0 Å². The first-order valence-electron chi connectivity index (χ1n) is 8.97. The van der Waals surface area contributed by atoms with E-state index < -0.39 is 9.84 Å². The third-order valence-corrected chi connectivity index (χ3v) is 7.76. The van der Waals surface area contributed by atoms with Crippen LogP contribution in [0.5, 0.6) is 0 Å². The van der Waals surface area contributed by atoms with Crippen molar-refractivity contribution in [2.24, 2.45) is 0 Å². The lowest BCUT2D eigenvalue weighted by Gasteiger charge is -2.35. The molecule has 0 aromatic carbocycles. The van der Waals surface area contributed by atoms with Gasteiger partial charge in [0.1, 0.15) is 5.69 Å². The Morgan fingerprint density at radius 3 is 2.62 bits per heavy atom. The molecule has 11 heteroatoms. The van der Waals surface area contributed by atoms with Crippen LogP contribution in [0.25, 0.3) is 11.5 Å². The molecule has 3 aromatic rings. The maximum Gasteiger partial charge on any atom is 0.208 e. The highest BCUT2D eigenvalue weighted by atomic mass is 32.2. The largest absolute Gasteiger partial charge is 0.396 e. The lowest BCUT2D eigenvalue weighted by atomic mass is 10.1. The topological polar surface area (TPSA) is 127 Å². The zero-order chi connectivity index (χ0) is 20.8. The maximum atomic E-state index is 12.6. The molecule has 3 aromatic heterocycles. The third kappa shape index (κ3) is 3.68. The number of pyridine rings is 2. The lowest BCUT2D eigenvalue weighted by Crippen LogP contribution is -2.52. The summed E-state index contributed by atoms with van der Waals surface area (Å²) in [6.45, 7) is 4.97. The van der Waals surface area contributed by atoms with Crippen LogP contribution in [0.15, 0.2) is 29.4 Å². The van der Waals surface area contributed by atoms with Gasteiger partial charge in [0.15, 0.2) is 21.5 Å². The van der Waals surface area contributed by atoms with E-state index in [0.29, 0.717) is 41.2 Å². The van der Waals surface area contributed by atoms with Crippen LogP contribution in [0.4, 0.5) is 16.6 Å². The van der Waals surface area contributed by atoms with E-state index in [1.54, 1.807) is 18.3 Å². The lowest BCUT2D eigenvalue weighted by molar-refractivity contribution is 0.232. The van der Waals surface area contributed by atoms with E-state index in [4.69, 9.17) is 5.73 Å². The summed E-state index contributed by atoms with van der Waals surface area (Å²) in [6.07, 6.45) is 3.12. The highest BCUT2D eigenvalue weighted by molar-refractivity contribution is 7.92. The van der Waals surface area contributed by atoms with E-state index in [2.05, 4.69) is 24.6 Å². The van der Waals surface area contributed by atoms with Crippen molar-refractivity contribution in [2.75, 3.05) is 31.2 Å². The average Bonchev–Trinajstić information content (AvgIpc) is 3.14. The van der Waals surface area contributed by atoms with Gasteiger partial charge in [-0.25, -0.2) is 13.4 Å². The number of aryl methyl sites for hydroxylation is 1. The number of hydrogen-bond donors (Lipinski definition) is 2. The van der Waals surface area contributed by atoms with Gasteiger partial charge in [-0.15, -0.1) is 0 Å². The second kappa shape index (κ2) is 7.32. The molecule has 0 bridgehead atoms. The Labute approximate surface area is 173 Å². The zero-order valence-electron chi connectivity index (χ0n) is 16.2. The molecule has 4 heterocycles. The molecule has 1 saturated heterocycles. The summed E-state index contributed by atoms with van der Waals surface area (Å²) in [5.74, 6) is 0.933. The molecule has 0 aliphatic carbocycles. The van der Waals surface area contributed by atoms with Gasteiger partial charge < -0.3 is 16.0 Å². The molecule has 0 amide bonds. The second-order valence-corrected chi connectivity index (χ2v) is 10.1.